The topological polar surface area (TPSA) is 62.3 Å². The van der Waals surface area contributed by atoms with Gasteiger partial charge in [-0.25, -0.2) is 0 Å². The number of rotatable bonds is 6. The van der Waals surface area contributed by atoms with Crippen molar-refractivity contribution < 1.29 is 9.59 Å². The molecule has 1 N–H and O–H groups in total. The zero-order valence-electron chi connectivity index (χ0n) is 15.2. The average molecular weight is 339 g/mol. The summed E-state index contributed by atoms with van der Waals surface area (Å²) >= 11 is 0. The van der Waals surface area contributed by atoms with Gasteiger partial charge in [-0.3, -0.25) is 14.6 Å². The van der Waals surface area contributed by atoms with Crippen molar-refractivity contribution in [2.75, 3.05) is 0 Å². The fraction of sp³-hybridized carbons (Fsp3) is 0.350. The maximum Gasteiger partial charge on any atom is 0.272 e. The van der Waals surface area contributed by atoms with Crippen molar-refractivity contribution in [1.29, 1.82) is 0 Å². The van der Waals surface area contributed by atoms with E-state index in [-0.39, 0.29) is 29.6 Å². The molecule has 2 aromatic rings. The SMILES string of the molecule is CC(C)NC(=O)c1ccnc(C(=O)N(Cc2ccccc2)C(C)C)c1. The van der Waals surface area contributed by atoms with Crippen molar-refractivity contribution in [2.45, 2.75) is 46.3 Å². The monoisotopic (exact) mass is 339 g/mol. The van der Waals surface area contributed by atoms with Crippen molar-refractivity contribution in [2.24, 2.45) is 0 Å². The van der Waals surface area contributed by atoms with Gasteiger partial charge in [0.15, 0.2) is 0 Å². The van der Waals surface area contributed by atoms with Gasteiger partial charge < -0.3 is 10.2 Å². The van der Waals surface area contributed by atoms with Crippen molar-refractivity contribution >= 4 is 11.8 Å². The Labute approximate surface area is 149 Å². The Kier molecular flexibility index (Phi) is 6.28. The van der Waals surface area contributed by atoms with E-state index in [0.29, 0.717) is 12.1 Å². The summed E-state index contributed by atoms with van der Waals surface area (Å²) in [7, 11) is 0. The molecule has 25 heavy (non-hydrogen) atoms. The van der Waals surface area contributed by atoms with E-state index >= 15 is 0 Å². The third-order valence-electron chi connectivity index (χ3n) is 3.74. The molecule has 1 heterocycles. The molecule has 0 saturated carbocycles. The van der Waals surface area contributed by atoms with Crippen molar-refractivity contribution in [3.8, 4) is 0 Å². The molecule has 0 spiro atoms. The molecule has 0 unspecified atom stereocenters. The second-order valence-corrected chi connectivity index (χ2v) is 6.57. The van der Waals surface area contributed by atoms with Gasteiger partial charge in [0, 0.05) is 30.4 Å². The standard InChI is InChI=1S/C20H25N3O2/c1-14(2)22-19(24)17-10-11-21-18(12-17)20(25)23(15(3)4)13-16-8-6-5-7-9-16/h5-12,14-15H,13H2,1-4H3,(H,22,24). The first-order valence-corrected chi connectivity index (χ1v) is 8.50. The first-order chi connectivity index (χ1) is 11.9. The summed E-state index contributed by atoms with van der Waals surface area (Å²) in [6, 6.07) is 13.1. The molecule has 5 nitrogen and oxygen atoms in total. The lowest BCUT2D eigenvalue weighted by atomic mass is 10.1. The van der Waals surface area contributed by atoms with Crippen molar-refractivity contribution in [3.63, 3.8) is 0 Å². The molecule has 0 atom stereocenters. The molecule has 1 aromatic heterocycles. The lowest BCUT2D eigenvalue weighted by molar-refractivity contribution is 0.0684. The van der Waals surface area contributed by atoms with E-state index in [4.69, 9.17) is 0 Å². The number of hydrogen-bond acceptors (Lipinski definition) is 3. The van der Waals surface area contributed by atoms with Crippen LogP contribution in [0.5, 0.6) is 0 Å². The van der Waals surface area contributed by atoms with Crippen molar-refractivity contribution in [1.82, 2.24) is 15.2 Å². The van der Waals surface area contributed by atoms with E-state index in [1.165, 1.54) is 6.20 Å². The second-order valence-electron chi connectivity index (χ2n) is 6.57. The number of hydrogen-bond donors (Lipinski definition) is 1. The molecule has 0 saturated heterocycles. The Morgan fingerprint density at radius 1 is 1.08 bits per heavy atom. The van der Waals surface area contributed by atoms with Gasteiger partial charge in [-0.2, -0.15) is 0 Å². The molecule has 1 aromatic carbocycles. The normalized spacial score (nSPS) is 10.8. The number of pyridine rings is 1. The predicted octanol–water partition coefficient (Wildman–Crippen LogP) is 3.27. The zero-order chi connectivity index (χ0) is 18.4. The third-order valence-corrected chi connectivity index (χ3v) is 3.74. The lowest BCUT2D eigenvalue weighted by Crippen LogP contribution is -2.37. The van der Waals surface area contributed by atoms with Gasteiger partial charge in [-0.15, -0.1) is 0 Å². The fourth-order valence-electron chi connectivity index (χ4n) is 2.45. The summed E-state index contributed by atoms with van der Waals surface area (Å²) in [5.41, 5.74) is 1.77. The minimum Gasteiger partial charge on any atom is -0.350 e. The Balaban J connectivity index is 2.23. The summed E-state index contributed by atoms with van der Waals surface area (Å²) in [4.78, 5) is 31.0. The summed E-state index contributed by atoms with van der Waals surface area (Å²) in [6.07, 6.45) is 1.50. The molecule has 0 fully saturated rings. The lowest BCUT2D eigenvalue weighted by Gasteiger charge is -2.26. The van der Waals surface area contributed by atoms with E-state index in [2.05, 4.69) is 10.3 Å². The van der Waals surface area contributed by atoms with Crippen LogP contribution in [-0.2, 0) is 6.54 Å². The smallest absolute Gasteiger partial charge is 0.272 e. The van der Waals surface area contributed by atoms with E-state index in [1.54, 1.807) is 17.0 Å². The van der Waals surface area contributed by atoms with Crippen LogP contribution in [0.15, 0.2) is 48.7 Å². The highest BCUT2D eigenvalue weighted by Crippen LogP contribution is 2.13. The summed E-state index contributed by atoms with van der Waals surface area (Å²) in [6.45, 7) is 8.23. The number of carbonyl (C=O) groups excluding carboxylic acids is 2. The maximum absolute atomic E-state index is 12.9. The number of nitrogens with one attached hydrogen (secondary N) is 1. The van der Waals surface area contributed by atoms with Crippen molar-refractivity contribution in [3.05, 3.63) is 65.5 Å². The Bertz CT molecular complexity index is 727. The first-order valence-electron chi connectivity index (χ1n) is 8.50. The minimum atomic E-state index is -0.203. The Hall–Kier alpha value is -2.69. The fourth-order valence-corrected chi connectivity index (χ4v) is 2.45. The van der Waals surface area contributed by atoms with E-state index in [0.717, 1.165) is 5.56 Å². The van der Waals surface area contributed by atoms with Crippen LogP contribution in [0, 0.1) is 0 Å². The summed E-state index contributed by atoms with van der Waals surface area (Å²) < 4.78 is 0. The van der Waals surface area contributed by atoms with E-state index in [9.17, 15) is 9.59 Å². The molecule has 2 amide bonds. The van der Waals surface area contributed by atoms with Gasteiger partial charge >= 0.3 is 0 Å². The van der Waals surface area contributed by atoms with Crippen LogP contribution in [0.3, 0.4) is 0 Å². The summed E-state index contributed by atoms with van der Waals surface area (Å²) in [5.74, 6) is -0.386. The molecular weight excluding hydrogens is 314 g/mol. The van der Waals surface area contributed by atoms with Crippen LogP contribution < -0.4 is 5.32 Å². The molecular formula is C20H25N3O2. The predicted molar refractivity (Wildman–Crippen MR) is 98.3 cm³/mol. The molecule has 0 aliphatic rings. The molecule has 0 radical (unpaired) electrons. The highest BCUT2D eigenvalue weighted by molar-refractivity contribution is 5.98. The van der Waals surface area contributed by atoms with Crippen LogP contribution in [0.4, 0.5) is 0 Å². The second kappa shape index (κ2) is 8.42. The number of benzene rings is 1. The van der Waals surface area contributed by atoms with Gasteiger partial charge in [-0.1, -0.05) is 30.3 Å². The Morgan fingerprint density at radius 2 is 1.76 bits per heavy atom. The van der Waals surface area contributed by atoms with Gasteiger partial charge in [0.1, 0.15) is 5.69 Å². The van der Waals surface area contributed by atoms with E-state index < -0.39 is 0 Å². The molecule has 0 aliphatic heterocycles. The highest BCUT2D eigenvalue weighted by atomic mass is 16.2. The van der Waals surface area contributed by atoms with Crippen LogP contribution in [-0.4, -0.2) is 33.8 Å². The van der Waals surface area contributed by atoms with Gasteiger partial charge in [0.25, 0.3) is 11.8 Å². The molecule has 5 heteroatoms. The molecule has 2 rings (SSSR count). The number of amides is 2. The maximum atomic E-state index is 12.9. The largest absolute Gasteiger partial charge is 0.350 e. The van der Waals surface area contributed by atoms with Gasteiger partial charge in [-0.05, 0) is 45.4 Å². The van der Waals surface area contributed by atoms with Gasteiger partial charge in [0.2, 0.25) is 0 Å². The highest BCUT2D eigenvalue weighted by Gasteiger charge is 2.21. The van der Waals surface area contributed by atoms with Gasteiger partial charge in [0.05, 0.1) is 0 Å². The number of nitrogens with zero attached hydrogens (tertiary/aromatic N) is 2. The zero-order valence-corrected chi connectivity index (χ0v) is 15.2. The molecule has 0 bridgehead atoms. The number of aromatic nitrogens is 1. The first kappa shape index (κ1) is 18.6. The van der Waals surface area contributed by atoms with Crippen LogP contribution in [0.2, 0.25) is 0 Å². The van der Waals surface area contributed by atoms with Crippen LogP contribution in [0.25, 0.3) is 0 Å². The van der Waals surface area contributed by atoms with Crippen LogP contribution in [0.1, 0.15) is 54.1 Å². The Morgan fingerprint density at radius 3 is 2.36 bits per heavy atom. The number of carbonyl (C=O) groups is 2. The summed E-state index contributed by atoms with van der Waals surface area (Å²) in [5, 5.41) is 2.83. The third kappa shape index (κ3) is 5.14. The van der Waals surface area contributed by atoms with E-state index in [1.807, 2.05) is 58.0 Å². The minimum absolute atomic E-state index is 0.0163. The van der Waals surface area contributed by atoms with Crippen LogP contribution >= 0.6 is 0 Å². The molecule has 132 valence electrons. The quantitative estimate of drug-likeness (QED) is 0.878. The molecule has 0 aliphatic carbocycles. The average Bonchev–Trinajstić information content (AvgIpc) is 2.59.